The Balaban J connectivity index is 1.40. The number of aliphatic carboxylic acids is 1. The molecular formula is C27H25NO5S. The van der Waals surface area contributed by atoms with E-state index in [2.05, 4.69) is 4.98 Å². The Morgan fingerprint density at radius 3 is 2.38 bits per heavy atom. The Hall–Kier alpha value is -3.71. The van der Waals surface area contributed by atoms with Crippen molar-refractivity contribution in [2.45, 2.75) is 38.7 Å². The van der Waals surface area contributed by atoms with Crippen LogP contribution >= 0.6 is 11.3 Å². The number of carboxylic acid groups (broad SMARTS) is 1. The van der Waals surface area contributed by atoms with Crippen molar-refractivity contribution < 1.29 is 23.8 Å². The van der Waals surface area contributed by atoms with E-state index in [-0.39, 0.29) is 18.6 Å². The van der Waals surface area contributed by atoms with E-state index in [0.29, 0.717) is 28.7 Å². The molecule has 0 saturated heterocycles. The van der Waals surface area contributed by atoms with Crippen LogP contribution in [0.3, 0.4) is 0 Å². The molecule has 174 valence electrons. The number of carbonyl (C=O) groups excluding carboxylic acids is 1. The van der Waals surface area contributed by atoms with Crippen LogP contribution in [0.4, 0.5) is 0 Å². The van der Waals surface area contributed by atoms with Gasteiger partial charge in [0.1, 0.15) is 11.5 Å². The number of benzene rings is 2. The number of aromatic nitrogens is 1. The molecule has 0 aliphatic carbocycles. The van der Waals surface area contributed by atoms with Gasteiger partial charge < -0.3 is 14.3 Å². The Kier molecular flexibility index (Phi) is 6.93. The van der Waals surface area contributed by atoms with Gasteiger partial charge in [-0.05, 0) is 50.2 Å². The molecule has 2 aromatic heterocycles. The van der Waals surface area contributed by atoms with Crippen LogP contribution in [0.2, 0.25) is 0 Å². The lowest BCUT2D eigenvalue weighted by Crippen LogP contribution is -2.43. The van der Waals surface area contributed by atoms with Crippen LogP contribution in [-0.2, 0) is 17.6 Å². The quantitative estimate of drug-likeness (QED) is 0.283. The number of aryl methyl sites for hydroxylation is 2. The number of carbonyl (C=O) groups is 2. The molecule has 6 nitrogen and oxygen atoms in total. The lowest BCUT2D eigenvalue weighted by atomic mass is 10.0. The topological polar surface area (TPSA) is 89.6 Å². The number of nitrogens with zero attached hydrogens (tertiary/aromatic N) is 1. The zero-order valence-electron chi connectivity index (χ0n) is 19.0. The second-order valence-electron chi connectivity index (χ2n) is 8.20. The molecule has 2 aromatic carbocycles. The van der Waals surface area contributed by atoms with Gasteiger partial charge in [-0.15, -0.1) is 11.3 Å². The van der Waals surface area contributed by atoms with Crippen molar-refractivity contribution in [3.8, 4) is 17.2 Å². The summed E-state index contributed by atoms with van der Waals surface area (Å²) in [4.78, 5) is 30.7. The summed E-state index contributed by atoms with van der Waals surface area (Å²) in [5.74, 6) is 0.659. The molecule has 0 saturated carbocycles. The third-order valence-electron chi connectivity index (χ3n) is 5.49. The number of para-hydroxylation sites is 1. The summed E-state index contributed by atoms with van der Waals surface area (Å²) in [6, 6.07) is 22.0. The zero-order chi connectivity index (χ0) is 24.1. The van der Waals surface area contributed by atoms with E-state index in [0.717, 1.165) is 16.1 Å². The summed E-state index contributed by atoms with van der Waals surface area (Å²) >= 11 is 1.30. The number of hydrogen-bond acceptors (Lipinski definition) is 6. The number of carboxylic acids is 1. The van der Waals surface area contributed by atoms with Crippen LogP contribution in [-0.4, -0.2) is 27.4 Å². The van der Waals surface area contributed by atoms with E-state index in [1.165, 1.54) is 11.3 Å². The predicted molar refractivity (Wildman–Crippen MR) is 130 cm³/mol. The van der Waals surface area contributed by atoms with Gasteiger partial charge >= 0.3 is 5.97 Å². The molecule has 7 heteroatoms. The van der Waals surface area contributed by atoms with Gasteiger partial charge in [0.15, 0.2) is 5.78 Å². The minimum Gasteiger partial charge on any atom is -0.478 e. The second kappa shape index (κ2) is 10.1. The number of ether oxygens (including phenoxy) is 1. The largest absolute Gasteiger partial charge is 0.478 e. The van der Waals surface area contributed by atoms with Gasteiger partial charge in [0, 0.05) is 29.7 Å². The molecule has 0 aliphatic heterocycles. The Morgan fingerprint density at radius 1 is 1.03 bits per heavy atom. The molecule has 4 aromatic rings. The fourth-order valence-electron chi connectivity index (χ4n) is 3.58. The summed E-state index contributed by atoms with van der Waals surface area (Å²) in [6.07, 6.45) is 0.911. The molecule has 0 radical (unpaired) electrons. The molecule has 0 unspecified atom stereocenters. The molecule has 1 N–H and O–H groups in total. The molecule has 0 aliphatic rings. The summed E-state index contributed by atoms with van der Waals surface area (Å²) < 4.78 is 11.6. The normalized spacial score (nSPS) is 12.8. The van der Waals surface area contributed by atoms with Crippen molar-refractivity contribution in [2.24, 2.45) is 0 Å². The first kappa shape index (κ1) is 23.4. The number of hydrogen-bond donors (Lipinski definition) is 1. The van der Waals surface area contributed by atoms with Crippen molar-refractivity contribution >= 4 is 23.1 Å². The molecule has 1 atom stereocenters. The van der Waals surface area contributed by atoms with Crippen LogP contribution in [0.5, 0.6) is 5.75 Å². The van der Waals surface area contributed by atoms with E-state index in [1.807, 2.05) is 43.3 Å². The van der Waals surface area contributed by atoms with E-state index < -0.39 is 11.6 Å². The van der Waals surface area contributed by atoms with Crippen molar-refractivity contribution in [2.75, 3.05) is 0 Å². The monoisotopic (exact) mass is 475 g/mol. The summed E-state index contributed by atoms with van der Waals surface area (Å²) in [6.45, 7) is 3.39. The molecule has 0 spiro atoms. The molecule has 4 rings (SSSR count). The highest BCUT2D eigenvalue weighted by molar-refractivity contribution is 7.14. The highest BCUT2D eigenvalue weighted by atomic mass is 32.1. The van der Waals surface area contributed by atoms with Gasteiger partial charge in [-0.25, -0.2) is 9.78 Å². The lowest BCUT2D eigenvalue weighted by Gasteiger charge is -2.25. The van der Waals surface area contributed by atoms with Crippen molar-refractivity contribution in [3.63, 3.8) is 0 Å². The first-order valence-electron chi connectivity index (χ1n) is 11.0. The maximum absolute atomic E-state index is 12.8. The number of oxazole rings is 1. The third-order valence-corrected chi connectivity index (χ3v) is 6.62. The minimum absolute atomic E-state index is 0.0130. The summed E-state index contributed by atoms with van der Waals surface area (Å²) in [5, 5.41) is 9.79. The van der Waals surface area contributed by atoms with Crippen molar-refractivity contribution in [1.29, 1.82) is 0 Å². The van der Waals surface area contributed by atoms with Gasteiger partial charge in [0.25, 0.3) is 0 Å². The fraction of sp³-hybridized carbons (Fsp3) is 0.222. The average Bonchev–Trinajstić information content (AvgIpc) is 3.45. The zero-order valence-corrected chi connectivity index (χ0v) is 19.8. The number of Topliss-reactive ketones (excluding diaryl/α,β-unsaturated/α-hetero) is 1. The van der Waals surface area contributed by atoms with E-state index in [4.69, 9.17) is 9.15 Å². The maximum Gasteiger partial charge on any atom is 0.348 e. The number of ketones is 1. The molecule has 34 heavy (non-hydrogen) atoms. The highest BCUT2D eigenvalue weighted by Crippen LogP contribution is 2.28. The first-order valence-corrected chi connectivity index (χ1v) is 11.8. The predicted octanol–water partition coefficient (Wildman–Crippen LogP) is 5.99. The molecule has 2 heterocycles. The van der Waals surface area contributed by atoms with E-state index in [1.54, 1.807) is 43.3 Å². The SMILES string of the molecule is Cc1oc(-c2ccccc2)nc1CCC(=O)c1ccc(C[C@](C)(Oc2ccccc2)C(=O)O)s1. The van der Waals surface area contributed by atoms with Crippen molar-refractivity contribution in [3.05, 3.63) is 94.0 Å². The smallest absolute Gasteiger partial charge is 0.348 e. The van der Waals surface area contributed by atoms with Gasteiger partial charge in [-0.3, -0.25) is 4.79 Å². The number of rotatable bonds is 10. The highest BCUT2D eigenvalue weighted by Gasteiger charge is 2.36. The molecule has 0 bridgehead atoms. The van der Waals surface area contributed by atoms with Gasteiger partial charge in [-0.2, -0.15) is 0 Å². The summed E-state index contributed by atoms with van der Waals surface area (Å²) in [5.41, 5.74) is 0.210. The van der Waals surface area contributed by atoms with Crippen molar-refractivity contribution in [1.82, 2.24) is 4.98 Å². The van der Waals surface area contributed by atoms with Crippen LogP contribution < -0.4 is 4.74 Å². The average molecular weight is 476 g/mol. The maximum atomic E-state index is 12.8. The first-order chi connectivity index (χ1) is 16.3. The van der Waals surface area contributed by atoms with E-state index in [9.17, 15) is 14.7 Å². The molecule has 0 amide bonds. The summed E-state index contributed by atoms with van der Waals surface area (Å²) in [7, 11) is 0. The fourth-order valence-corrected chi connectivity index (χ4v) is 4.70. The third kappa shape index (κ3) is 5.43. The number of thiophene rings is 1. The van der Waals surface area contributed by atoms with Crippen LogP contribution in [0.1, 0.15) is 39.3 Å². The van der Waals surface area contributed by atoms with Gasteiger partial charge in [-0.1, -0.05) is 36.4 Å². The van der Waals surface area contributed by atoms with Crippen LogP contribution in [0, 0.1) is 6.92 Å². The van der Waals surface area contributed by atoms with Crippen LogP contribution in [0.15, 0.2) is 77.2 Å². The molecular weight excluding hydrogens is 450 g/mol. The lowest BCUT2D eigenvalue weighted by molar-refractivity contribution is -0.153. The Labute approximate surface area is 201 Å². The second-order valence-corrected chi connectivity index (χ2v) is 9.37. The van der Waals surface area contributed by atoms with Crippen LogP contribution in [0.25, 0.3) is 11.5 Å². The molecule has 0 fully saturated rings. The van der Waals surface area contributed by atoms with E-state index >= 15 is 0 Å². The van der Waals surface area contributed by atoms with Gasteiger partial charge in [0.2, 0.25) is 11.5 Å². The van der Waals surface area contributed by atoms with Gasteiger partial charge in [0.05, 0.1) is 10.6 Å². The Morgan fingerprint density at radius 2 is 1.71 bits per heavy atom. The minimum atomic E-state index is -1.45. The standard InChI is InChI=1S/C27H25NO5S/c1-18-22(28-25(32-18)19-9-5-3-6-10-19)14-15-23(29)24-16-13-21(34-24)17-27(2,26(30)31)33-20-11-7-4-8-12-20/h3-13,16H,14-15,17H2,1-2H3,(H,30,31)/t27-/m0/s1. The Bertz CT molecular complexity index is 1280.